The molecule has 0 saturated carbocycles. The molecule has 19 heavy (non-hydrogen) atoms. The van der Waals surface area contributed by atoms with Gasteiger partial charge in [0.1, 0.15) is 0 Å². The van der Waals surface area contributed by atoms with Crippen LogP contribution in [0.5, 0.6) is 0 Å². The summed E-state index contributed by atoms with van der Waals surface area (Å²) in [4.78, 5) is 27.0. The number of hydrogen-bond acceptors (Lipinski definition) is 4. The van der Waals surface area contributed by atoms with Crippen LogP contribution in [0.25, 0.3) is 0 Å². The molecule has 2 amide bonds. The minimum atomic E-state index is -0.323. The van der Waals surface area contributed by atoms with E-state index in [9.17, 15) is 9.59 Å². The Bertz CT molecular complexity index is 489. The monoisotopic (exact) mass is 262 g/mol. The molecule has 6 nitrogen and oxygen atoms in total. The van der Waals surface area contributed by atoms with Crippen molar-refractivity contribution >= 4 is 23.2 Å². The van der Waals surface area contributed by atoms with E-state index in [0.717, 1.165) is 17.9 Å². The maximum absolute atomic E-state index is 12.1. The molecular weight excluding hydrogens is 244 g/mol. The van der Waals surface area contributed by atoms with Crippen LogP contribution < -0.4 is 20.9 Å². The Morgan fingerprint density at radius 1 is 1.26 bits per heavy atom. The van der Waals surface area contributed by atoms with Gasteiger partial charge in [-0.25, -0.2) is 0 Å². The lowest BCUT2D eigenvalue weighted by atomic mass is 10.1. The summed E-state index contributed by atoms with van der Waals surface area (Å²) in [6.07, 6.45) is 0. The highest BCUT2D eigenvalue weighted by Gasteiger charge is 2.24. The number of para-hydroxylation sites is 2. The minimum absolute atomic E-state index is 0.0198. The van der Waals surface area contributed by atoms with Gasteiger partial charge in [0, 0.05) is 20.1 Å². The van der Waals surface area contributed by atoms with Crippen LogP contribution in [-0.2, 0) is 9.59 Å². The van der Waals surface area contributed by atoms with Crippen LogP contribution in [0.1, 0.15) is 0 Å². The van der Waals surface area contributed by atoms with Gasteiger partial charge in [0.2, 0.25) is 11.8 Å². The average Bonchev–Trinajstić information content (AvgIpc) is 2.45. The molecule has 0 atom stereocenters. The van der Waals surface area contributed by atoms with Crippen molar-refractivity contribution < 1.29 is 9.59 Å². The first-order chi connectivity index (χ1) is 9.13. The first-order valence-corrected chi connectivity index (χ1v) is 6.20. The zero-order valence-corrected chi connectivity index (χ0v) is 10.9. The van der Waals surface area contributed by atoms with Gasteiger partial charge in [-0.2, -0.15) is 0 Å². The quantitative estimate of drug-likeness (QED) is 0.773. The van der Waals surface area contributed by atoms with E-state index in [1.54, 1.807) is 4.90 Å². The number of carbonyl (C=O) groups is 2. The van der Waals surface area contributed by atoms with E-state index in [2.05, 4.69) is 10.2 Å². The topological polar surface area (TPSA) is 78.7 Å². The van der Waals surface area contributed by atoms with E-state index in [4.69, 9.17) is 5.73 Å². The molecule has 0 radical (unpaired) electrons. The van der Waals surface area contributed by atoms with Crippen LogP contribution >= 0.6 is 0 Å². The number of benzene rings is 1. The lowest BCUT2D eigenvalue weighted by Gasteiger charge is -2.35. The number of carbonyl (C=O) groups excluding carboxylic acids is 2. The van der Waals surface area contributed by atoms with Crippen molar-refractivity contribution in [3.63, 3.8) is 0 Å². The lowest BCUT2D eigenvalue weighted by Crippen LogP contribution is -2.47. The predicted octanol–water partition coefficient (Wildman–Crippen LogP) is -0.456. The molecular formula is C13H18N4O2. The zero-order chi connectivity index (χ0) is 13.8. The Hall–Kier alpha value is -2.08. The molecule has 0 saturated heterocycles. The fraction of sp³-hybridized carbons (Fsp3) is 0.385. The van der Waals surface area contributed by atoms with E-state index in [1.807, 2.05) is 31.3 Å². The Balaban J connectivity index is 2.11. The second-order valence-corrected chi connectivity index (χ2v) is 4.44. The Morgan fingerprint density at radius 2 is 1.95 bits per heavy atom. The third-order valence-electron chi connectivity index (χ3n) is 3.17. The average molecular weight is 262 g/mol. The van der Waals surface area contributed by atoms with Crippen molar-refractivity contribution in [3.05, 3.63) is 24.3 Å². The van der Waals surface area contributed by atoms with Gasteiger partial charge in [-0.3, -0.25) is 9.59 Å². The molecule has 102 valence electrons. The minimum Gasteiger partial charge on any atom is -0.371 e. The van der Waals surface area contributed by atoms with Gasteiger partial charge in [0.25, 0.3) is 0 Å². The van der Waals surface area contributed by atoms with Gasteiger partial charge >= 0.3 is 0 Å². The summed E-state index contributed by atoms with van der Waals surface area (Å²) in [5.41, 5.74) is 7.09. The molecule has 0 aromatic heterocycles. The zero-order valence-electron chi connectivity index (χ0n) is 10.9. The molecule has 0 bridgehead atoms. The van der Waals surface area contributed by atoms with Crippen LogP contribution in [0.2, 0.25) is 0 Å². The van der Waals surface area contributed by atoms with Crippen molar-refractivity contribution in [2.75, 3.05) is 43.0 Å². The number of nitrogens with zero attached hydrogens (tertiary/aromatic N) is 2. The maximum Gasteiger partial charge on any atom is 0.246 e. The molecule has 0 aliphatic carbocycles. The molecule has 1 heterocycles. The Labute approximate surface area is 112 Å². The highest BCUT2D eigenvalue weighted by molar-refractivity contribution is 6.00. The summed E-state index contributed by atoms with van der Waals surface area (Å²) >= 11 is 0. The number of hydrogen-bond donors (Lipinski definition) is 2. The first-order valence-electron chi connectivity index (χ1n) is 6.20. The van der Waals surface area contributed by atoms with Gasteiger partial charge in [-0.15, -0.1) is 0 Å². The van der Waals surface area contributed by atoms with E-state index in [0.29, 0.717) is 6.54 Å². The molecule has 2 rings (SSSR count). The molecule has 1 aliphatic heterocycles. The van der Waals surface area contributed by atoms with Crippen molar-refractivity contribution in [2.24, 2.45) is 5.73 Å². The molecule has 0 unspecified atom stereocenters. The molecule has 1 aromatic carbocycles. The van der Waals surface area contributed by atoms with Crippen LogP contribution in [0, 0.1) is 0 Å². The fourth-order valence-electron chi connectivity index (χ4n) is 2.11. The summed E-state index contributed by atoms with van der Waals surface area (Å²) in [5, 5.41) is 2.50. The number of rotatable bonds is 3. The summed E-state index contributed by atoms with van der Waals surface area (Å²) < 4.78 is 0. The van der Waals surface area contributed by atoms with Crippen LogP contribution in [0.4, 0.5) is 11.4 Å². The van der Waals surface area contributed by atoms with Crippen LogP contribution in [0.15, 0.2) is 24.3 Å². The number of amides is 2. The van der Waals surface area contributed by atoms with Crippen molar-refractivity contribution in [3.8, 4) is 0 Å². The van der Waals surface area contributed by atoms with Crippen molar-refractivity contribution in [1.82, 2.24) is 5.32 Å². The maximum atomic E-state index is 12.1. The third-order valence-corrected chi connectivity index (χ3v) is 3.17. The third kappa shape index (κ3) is 2.85. The summed E-state index contributed by atoms with van der Waals surface area (Å²) in [6, 6.07) is 7.73. The predicted molar refractivity (Wildman–Crippen MR) is 74.1 cm³/mol. The normalized spacial score (nSPS) is 14.0. The standard InChI is InChI=1S/C13H18N4O2/c1-16-6-7-17(11-5-3-2-4-10(11)16)13(19)9-15-12(18)8-14/h2-5H,6-9,14H2,1H3,(H,15,18). The molecule has 1 aromatic rings. The van der Waals surface area contributed by atoms with Crippen molar-refractivity contribution in [1.29, 1.82) is 0 Å². The van der Waals surface area contributed by atoms with E-state index in [-0.39, 0.29) is 24.9 Å². The van der Waals surface area contributed by atoms with Gasteiger partial charge in [0.15, 0.2) is 0 Å². The summed E-state index contributed by atoms with van der Waals surface area (Å²) in [7, 11) is 2.00. The Kier molecular flexibility index (Phi) is 4.01. The number of fused-ring (bicyclic) bond motifs is 1. The fourth-order valence-corrected chi connectivity index (χ4v) is 2.11. The van der Waals surface area contributed by atoms with E-state index < -0.39 is 0 Å². The highest BCUT2D eigenvalue weighted by Crippen LogP contribution is 2.31. The smallest absolute Gasteiger partial charge is 0.246 e. The molecule has 6 heteroatoms. The molecule has 0 fully saturated rings. The van der Waals surface area contributed by atoms with Crippen molar-refractivity contribution in [2.45, 2.75) is 0 Å². The first kappa shape index (κ1) is 13.4. The molecule has 3 N–H and O–H groups in total. The van der Waals surface area contributed by atoms with Gasteiger partial charge in [0.05, 0.1) is 24.5 Å². The largest absolute Gasteiger partial charge is 0.371 e. The summed E-state index contributed by atoms with van der Waals surface area (Å²) in [6.45, 7) is 1.26. The second kappa shape index (κ2) is 5.71. The lowest BCUT2D eigenvalue weighted by molar-refractivity contribution is -0.124. The van der Waals surface area contributed by atoms with E-state index >= 15 is 0 Å². The van der Waals surface area contributed by atoms with Crippen LogP contribution in [-0.4, -0.2) is 45.0 Å². The van der Waals surface area contributed by atoms with Gasteiger partial charge < -0.3 is 20.9 Å². The SMILES string of the molecule is CN1CCN(C(=O)CNC(=O)CN)c2ccccc21. The van der Waals surface area contributed by atoms with E-state index in [1.165, 1.54) is 0 Å². The Morgan fingerprint density at radius 3 is 2.63 bits per heavy atom. The van der Waals surface area contributed by atoms with Crippen LogP contribution in [0.3, 0.4) is 0 Å². The number of anilines is 2. The number of likely N-dealkylation sites (N-methyl/N-ethyl adjacent to an activating group) is 1. The molecule has 0 spiro atoms. The summed E-state index contributed by atoms with van der Waals surface area (Å²) in [5.74, 6) is -0.446. The number of nitrogens with one attached hydrogen (secondary N) is 1. The van der Waals surface area contributed by atoms with Gasteiger partial charge in [-0.05, 0) is 12.1 Å². The highest BCUT2D eigenvalue weighted by atomic mass is 16.2. The second-order valence-electron chi connectivity index (χ2n) is 4.44. The molecule has 1 aliphatic rings. The number of nitrogens with two attached hydrogens (primary N) is 1. The van der Waals surface area contributed by atoms with Gasteiger partial charge in [-0.1, -0.05) is 12.1 Å².